The second kappa shape index (κ2) is 7.09. The maximum atomic E-state index is 12.5. The SMILES string of the molecule is O=C1[C@@H](O)c2ccccc2N1CN1CCN(Cc2ccc3c(c2)OCO3)CC1. The van der Waals surface area contributed by atoms with Crippen molar-refractivity contribution in [1.82, 2.24) is 9.80 Å². The van der Waals surface area contributed by atoms with E-state index >= 15 is 0 Å². The first-order chi connectivity index (χ1) is 13.7. The lowest BCUT2D eigenvalue weighted by atomic mass is 10.1. The molecule has 0 aromatic heterocycles. The Morgan fingerprint density at radius 1 is 0.964 bits per heavy atom. The first kappa shape index (κ1) is 17.5. The summed E-state index contributed by atoms with van der Waals surface area (Å²) in [4.78, 5) is 18.8. The summed E-state index contributed by atoms with van der Waals surface area (Å²) in [7, 11) is 0. The molecule has 3 aliphatic heterocycles. The predicted octanol–water partition coefficient (Wildman–Crippen LogP) is 1.57. The van der Waals surface area contributed by atoms with Crippen molar-refractivity contribution in [2.45, 2.75) is 12.6 Å². The van der Waals surface area contributed by atoms with Crippen LogP contribution in [0.3, 0.4) is 0 Å². The number of amides is 1. The van der Waals surface area contributed by atoms with E-state index < -0.39 is 6.10 Å². The molecule has 3 heterocycles. The third-order valence-electron chi connectivity index (χ3n) is 5.67. The minimum Gasteiger partial charge on any atom is -0.454 e. The molecule has 2 aromatic carbocycles. The number of piperazine rings is 1. The summed E-state index contributed by atoms with van der Waals surface area (Å²) in [5.41, 5.74) is 2.74. The van der Waals surface area contributed by atoms with E-state index in [-0.39, 0.29) is 5.91 Å². The van der Waals surface area contributed by atoms with Gasteiger partial charge in [-0.25, -0.2) is 0 Å². The van der Waals surface area contributed by atoms with Crippen LogP contribution in [0.1, 0.15) is 17.2 Å². The number of ether oxygens (including phenoxy) is 2. The molecule has 0 radical (unpaired) electrons. The van der Waals surface area contributed by atoms with E-state index in [1.54, 1.807) is 4.90 Å². The van der Waals surface area contributed by atoms with Crippen molar-refractivity contribution < 1.29 is 19.4 Å². The summed E-state index contributed by atoms with van der Waals surface area (Å²) >= 11 is 0. The van der Waals surface area contributed by atoms with Crippen LogP contribution in [0.4, 0.5) is 5.69 Å². The molecular weight excluding hydrogens is 358 g/mol. The number of hydrogen-bond acceptors (Lipinski definition) is 6. The Balaban J connectivity index is 1.18. The smallest absolute Gasteiger partial charge is 0.261 e. The van der Waals surface area contributed by atoms with Gasteiger partial charge in [0.1, 0.15) is 0 Å². The fourth-order valence-corrected chi connectivity index (χ4v) is 4.10. The number of rotatable bonds is 4. The molecule has 28 heavy (non-hydrogen) atoms. The van der Waals surface area contributed by atoms with Gasteiger partial charge in [-0.05, 0) is 23.8 Å². The largest absolute Gasteiger partial charge is 0.454 e. The normalized spacial score (nSPS) is 22.0. The van der Waals surface area contributed by atoms with Crippen LogP contribution in [0.25, 0.3) is 0 Å². The lowest BCUT2D eigenvalue weighted by Crippen LogP contribution is -2.50. The highest BCUT2D eigenvalue weighted by atomic mass is 16.7. The summed E-state index contributed by atoms with van der Waals surface area (Å²) in [5, 5.41) is 10.2. The Morgan fingerprint density at radius 2 is 1.71 bits per heavy atom. The fraction of sp³-hybridized carbons (Fsp3) is 0.381. The van der Waals surface area contributed by atoms with Crippen LogP contribution in [0, 0.1) is 0 Å². The standard InChI is InChI=1S/C21H23N3O4/c25-20-16-3-1-2-4-17(16)24(21(20)26)13-23-9-7-22(8-10-23)12-15-5-6-18-19(11-15)28-14-27-18/h1-6,11,20,25H,7-10,12-14H2/t20-/m0/s1. The van der Waals surface area contributed by atoms with Gasteiger partial charge >= 0.3 is 0 Å². The zero-order chi connectivity index (χ0) is 19.1. The molecule has 1 N–H and O–H groups in total. The van der Waals surface area contributed by atoms with E-state index in [4.69, 9.17) is 9.47 Å². The van der Waals surface area contributed by atoms with E-state index in [0.717, 1.165) is 49.9 Å². The average Bonchev–Trinajstić information content (AvgIpc) is 3.28. The van der Waals surface area contributed by atoms with Gasteiger partial charge in [0.25, 0.3) is 5.91 Å². The van der Waals surface area contributed by atoms with Crippen LogP contribution < -0.4 is 14.4 Å². The molecule has 0 aliphatic carbocycles. The van der Waals surface area contributed by atoms with Crippen molar-refractivity contribution in [2.75, 3.05) is 44.5 Å². The highest BCUT2D eigenvalue weighted by Gasteiger charge is 2.36. The third-order valence-corrected chi connectivity index (χ3v) is 5.67. The lowest BCUT2D eigenvalue weighted by Gasteiger charge is -2.36. The molecule has 0 unspecified atom stereocenters. The number of carbonyl (C=O) groups excluding carboxylic acids is 1. The van der Waals surface area contributed by atoms with Gasteiger partial charge in [0.05, 0.1) is 12.4 Å². The molecular formula is C21H23N3O4. The molecule has 1 amide bonds. The average molecular weight is 381 g/mol. The number of para-hydroxylation sites is 1. The Bertz CT molecular complexity index is 895. The van der Waals surface area contributed by atoms with E-state index in [2.05, 4.69) is 21.9 Å². The molecule has 1 fully saturated rings. The van der Waals surface area contributed by atoms with Crippen molar-refractivity contribution >= 4 is 11.6 Å². The molecule has 7 nitrogen and oxygen atoms in total. The van der Waals surface area contributed by atoms with Gasteiger partial charge in [0, 0.05) is 38.3 Å². The van der Waals surface area contributed by atoms with Crippen LogP contribution >= 0.6 is 0 Å². The highest BCUT2D eigenvalue weighted by molar-refractivity contribution is 6.03. The minimum atomic E-state index is -1.04. The summed E-state index contributed by atoms with van der Waals surface area (Å²) in [6.07, 6.45) is -1.04. The zero-order valence-electron chi connectivity index (χ0n) is 15.6. The number of aliphatic hydroxyl groups excluding tert-OH is 1. The molecule has 2 aromatic rings. The topological polar surface area (TPSA) is 65.5 Å². The maximum absolute atomic E-state index is 12.5. The molecule has 1 atom stereocenters. The van der Waals surface area contributed by atoms with E-state index in [1.165, 1.54) is 5.56 Å². The van der Waals surface area contributed by atoms with Crippen molar-refractivity contribution in [3.05, 3.63) is 53.6 Å². The van der Waals surface area contributed by atoms with Crippen molar-refractivity contribution in [2.24, 2.45) is 0 Å². The van der Waals surface area contributed by atoms with Crippen LogP contribution in [-0.4, -0.2) is 60.5 Å². The quantitative estimate of drug-likeness (QED) is 0.867. The van der Waals surface area contributed by atoms with Crippen LogP contribution in [0.15, 0.2) is 42.5 Å². The van der Waals surface area contributed by atoms with E-state index in [1.807, 2.05) is 30.3 Å². The molecule has 7 heteroatoms. The number of aliphatic hydroxyl groups is 1. The second-order valence-corrected chi connectivity index (χ2v) is 7.45. The summed E-state index contributed by atoms with van der Waals surface area (Å²) in [6.45, 7) is 5.31. The summed E-state index contributed by atoms with van der Waals surface area (Å²) in [5.74, 6) is 1.40. The fourth-order valence-electron chi connectivity index (χ4n) is 4.10. The van der Waals surface area contributed by atoms with E-state index in [9.17, 15) is 9.90 Å². The predicted molar refractivity (Wildman–Crippen MR) is 103 cm³/mol. The maximum Gasteiger partial charge on any atom is 0.261 e. The van der Waals surface area contributed by atoms with Gasteiger partial charge in [0.2, 0.25) is 6.79 Å². The lowest BCUT2D eigenvalue weighted by molar-refractivity contribution is -0.126. The van der Waals surface area contributed by atoms with Crippen LogP contribution in [0.2, 0.25) is 0 Å². The van der Waals surface area contributed by atoms with Crippen molar-refractivity contribution in [3.63, 3.8) is 0 Å². The monoisotopic (exact) mass is 381 g/mol. The molecule has 146 valence electrons. The molecule has 0 spiro atoms. The second-order valence-electron chi connectivity index (χ2n) is 7.45. The number of carbonyl (C=O) groups is 1. The Labute approximate surface area is 163 Å². The van der Waals surface area contributed by atoms with E-state index in [0.29, 0.717) is 19.0 Å². The molecule has 0 bridgehead atoms. The molecule has 5 rings (SSSR count). The summed E-state index contributed by atoms with van der Waals surface area (Å²) in [6, 6.07) is 13.6. The minimum absolute atomic E-state index is 0.232. The van der Waals surface area contributed by atoms with Gasteiger partial charge in [-0.1, -0.05) is 24.3 Å². The number of fused-ring (bicyclic) bond motifs is 2. The first-order valence-electron chi connectivity index (χ1n) is 9.61. The van der Waals surface area contributed by atoms with Gasteiger partial charge in [0.15, 0.2) is 17.6 Å². The first-order valence-corrected chi connectivity index (χ1v) is 9.61. The number of nitrogens with zero attached hydrogens (tertiary/aromatic N) is 3. The van der Waals surface area contributed by atoms with Crippen LogP contribution in [0.5, 0.6) is 11.5 Å². The zero-order valence-corrected chi connectivity index (χ0v) is 15.6. The number of hydrogen-bond donors (Lipinski definition) is 1. The third kappa shape index (κ3) is 3.11. The molecule has 1 saturated heterocycles. The number of anilines is 1. The van der Waals surface area contributed by atoms with Crippen molar-refractivity contribution in [1.29, 1.82) is 0 Å². The number of benzene rings is 2. The van der Waals surface area contributed by atoms with Crippen LogP contribution in [-0.2, 0) is 11.3 Å². The van der Waals surface area contributed by atoms with Crippen molar-refractivity contribution in [3.8, 4) is 11.5 Å². The van der Waals surface area contributed by atoms with Gasteiger partial charge in [-0.15, -0.1) is 0 Å². The van der Waals surface area contributed by atoms with Gasteiger partial charge < -0.3 is 14.6 Å². The van der Waals surface area contributed by atoms with Gasteiger partial charge in [-0.3, -0.25) is 19.5 Å². The molecule has 0 saturated carbocycles. The molecule has 3 aliphatic rings. The van der Waals surface area contributed by atoms with Gasteiger partial charge in [-0.2, -0.15) is 0 Å². The highest BCUT2D eigenvalue weighted by Crippen LogP contribution is 2.36. The Morgan fingerprint density at radius 3 is 2.57 bits per heavy atom. The summed E-state index contributed by atoms with van der Waals surface area (Å²) < 4.78 is 10.8. The Hall–Kier alpha value is -2.61. The Kier molecular flexibility index (Phi) is 4.43.